The van der Waals surface area contributed by atoms with E-state index in [-0.39, 0.29) is 19.8 Å². The molecule has 8 nitrogen and oxygen atoms in total. The van der Waals surface area contributed by atoms with Crippen molar-refractivity contribution in [1.82, 2.24) is 9.62 Å². The van der Waals surface area contributed by atoms with Gasteiger partial charge in [-0.3, -0.25) is 20.2 Å². The third kappa shape index (κ3) is 5.51. The molecule has 0 N–H and O–H groups in total. The molecular formula is C18H35BN4O4Si. The van der Waals surface area contributed by atoms with E-state index < -0.39 is 23.6 Å². The monoisotopic (exact) mass is 410 g/mol. The van der Waals surface area contributed by atoms with E-state index in [1.165, 1.54) is 0 Å². The Labute approximate surface area is 170 Å². The molecule has 1 rings (SSSR count). The fourth-order valence-electron chi connectivity index (χ4n) is 3.87. The van der Waals surface area contributed by atoms with Gasteiger partial charge in [0.2, 0.25) is 0 Å². The Balaban J connectivity index is 3.57. The zero-order chi connectivity index (χ0) is 21.7. The summed E-state index contributed by atoms with van der Waals surface area (Å²) in [6.45, 7) is 18.1. The summed E-state index contributed by atoms with van der Waals surface area (Å²) in [5, 5.41) is 23.4. The minimum atomic E-state index is -2.14. The van der Waals surface area contributed by atoms with Crippen LogP contribution in [-0.4, -0.2) is 66.4 Å². The molecule has 0 aromatic carbocycles. The van der Waals surface area contributed by atoms with E-state index in [4.69, 9.17) is 0 Å². The molecule has 0 aromatic rings. The lowest BCUT2D eigenvalue weighted by atomic mass is 9.68. The van der Waals surface area contributed by atoms with E-state index in [0.29, 0.717) is 0 Å². The molecule has 0 saturated heterocycles. The van der Waals surface area contributed by atoms with Gasteiger partial charge in [0.1, 0.15) is 12.8 Å². The van der Waals surface area contributed by atoms with Crippen LogP contribution in [0.25, 0.3) is 0 Å². The van der Waals surface area contributed by atoms with Gasteiger partial charge in [0.05, 0.1) is 17.9 Å². The first kappa shape index (κ1) is 24.5. The van der Waals surface area contributed by atoms with Gasteiger partial charge in [0.15, 0.2) is 0 Å². The number of hydrogen-bond donors (Lipinski definition) is 0. The topological polar surface area (TPSA) is 92.8 Å². The molecule has 0 heterocycles. The van der Waals surface area contributed by atoms with Crippen LogP contribution in [0.5, 0.6) is 0 Å². The number of hydrogen-bond acceptors (Lipinski definition) is 6. The molecule has 1 saturated carbocycles. The van der Waals surface area contributed by atoms with Crippen LogP contribution in [0.4, 0.5) is 0 Å². The molecule has 1 aliphatic rings. The second kappa shape index (κ2) is 9.80. The summed E-state index contributed by atoms with van der Waals surface area (Å²) in [5.74, 6) is 2.04. The van der Waals surface area contributed by atoms with Crippen molar-refractivity contribution >= 4 is 15.1 Å². The molecule has 0 radical (unpaired) electrons. The van der Waals surface area contributed by atoms with Gasteiger partial charge < -0.3 is 9.62 Å². The van der Waals surface area contributed by atoms with Gasteiger partial charge in [-0.15, -0.1) is 0 Å². The maximum absolute atomic E-state index is 11.7. The molecule has 0 atom stereocenters. The Morgan fingerprint density at radius 1 is 0.929 bits per heavy atom. The smallest absolute Gasteiger partial charge is 0.325 e. The molecule has 0 amide bonds. The molecule has 1 fully saturated rings. The summed E-state index contributed by atoms with van der Waals surface area (Å²) in [5.41, 5.74) is 1.50. The van der Waals surface area contributed by atoms with Gasteiger partial charge in [-0.2, -0.15) is 0 Å². The van der Waals surface area contributed by atoms with Gasteiger partial charge in [0, 0.05) is 0 Å². The van der Waals surface area contributed by atoms with E-state index in [9.17, 15) is 20.2 Å². The summed E-state index contributed by atoms with van der Waals surface area (Å²) in [7, 11) is -1.71. The first-order valence-electron chi connectivity index (χ1n) is 10.2. The highest BCUT2D eigenvalue weighted by Crippen LogP contribution is 2.42. The van der Waals surface area contributed by atoms with E-state index >= 15 is 0 Å². The van der Waals surface area contributed by atoms with Gasteiger partial charge in [0.25, 0.3) is 0 Å². The second-order valence-electron chi connectivity index (χ2n) is 8.43. The van der Waals surface area contributed by atoms with Crippen LogP contribution in [-0.2, 0) is 0 Å². The fourth-order valence-corrected chi connectivity index (χ4v) is 5.21. The summed E-state index contributed by atoms with van der Waals surface area (Å²) in [4.78, 5) is 26.6. The van der Waals surface area contributed by atoms with E-state index in [0.717, 1.165) is 37.3 Å². The van der Waals surface area contributed by atoms with Crippen molar-refractivity contribution in [3.05, 3.63) is 43.0 Å². The summed E-state index contributed by atoms with van der Waals surface area (Å²) in [6, 6.07) is 0. The van der Waals surface area contributed by atoms with Crippen molar-refractivity contribution in [2.24, 2.45) is 0 Å². The average molecular weight is 410 g/mol. The lowest BCUT2D eigenvalue weighted by Gasteiger charge is -2.33. The van der Waals surface area contributed by atoms with Crippen molar-refractivity contribution in [3.63, 3.8) is 0 Å². The third-order valence-corrected chi connectivity index (χ3v) is 6.58. The summed E-state index contributed by atoms with van der Waals surface area (Å²) in [6.07, 6.45) is -0.283. The third-order valence-electron chi connectivity index (χ3n) is 5.37. The molecule has 0 bridgehead atoms. The predicted molar refractivity (Wildman–Crippen MR) is 117 cm³/mol. The van der Waals surface area contributed by atoms with Gasteiger partial charge in [-0.25, -0.2) is 0 Å². The lowest BCUT2D eigenvalue weighted by molar-refractivity contribution is -0.793. The fraction of sp³-hybridized carbons (Fsp3) is 0.778. The van der Waals surface area contributed by atoms with E-state index in [2.05, 4.69) is 62.7 Å². The average Bonchev–Trinajstić information content (AvgIpc) is 2.95. The van der Waals surface area contributed by atoms with Crippen LogP contribution in [0.2, 0.25) is 19.6 Å². The van der Waals surface area contributed by atoms with Crippen LogP contribution in [0.3, 0.4) is 0 Å². The summed E-state index contributed by atoms with van der Waals surface area (Å²) < 4.78 is 0. The normalized spacial score (nSPS) is 19.8. The Morgan fingerprint density at radius 3 is 1.64 bits per heavy atom. The quantitative estimate of drug-likeness (QED) is 0.237. The second-order valence-corrected chi connectivity index (χ2v) is 13.5. The Morgan fingerprint density at radius 2 is 1.32 bits per heavy atom. The van der Waals surface area contributed by atoms with Crippen LogP contribution in [0, 0.1) is 20.2 Å². The molecule has 28 heavy (non-hydrogen) atoms. The van der Waals surface area contributed by atoms with Gasteiger partial charge >= 0.3 is 12.6 Å². The predicted octanol–water partition coefficient (Wildman–Crippen LogP) is 3.47. The highest BCUT2D eigenvalue weighted by molar-refractivity contribution is 6.81. The van der Waals surface area contributed by atoms with Crippen molar-refractivity contribution < 1.29 is 9.85 Å². The van der Waals surface area contributed by atoms with Crippen LogP contribution in [0.15, 0.2) is 22.8 Å². The molecule has 1 aliphatic carbocycles. The zero-order valence-electron chi connectivity index (χ0n) is 18.4. The first-order valence-corrected chi connectivity index (χ1v) is 13.7. The van der Waals surface area contributed by atoms with E-state index in [1.54, 1.807) is 0 Å². The maximum atomic E-state index is 11.7. The molecule has 0 spiro atoms. The summed E-state index contributed by atoms with van der Waals surface area (Å²) >= 11 is 0. The highest BCUT2D eigenvalue weighted by Gasteiger charge is 2.61. The van der Waals surface area contributed by atoms with Crippen LogP contribution in [0.1, 0.15) is 40.5 Å². The van der Waals surface area contributed by atoms with Crippen molar-refractivity contribution in [1.29, 1.82) is 0 Å². The zero-order valence-corrected chi connectivity index (χ0v) is 19.4. The van der Waals surface area contributed by atoms with Crippen LogP contribution < -0.4 is 0 Å². The molecular weight excluding hydrogens is 375 g/mol. The van der Waals surface area contributed by atoms with E-state index in [1.807, 2.05) is 5.98 Å². The van der Waals surface area contributed by atoms with Gasteiger partial charge in [-0.1, -0.05) is 59.0 Å². The Bertz CT molecular complexity index is 614. The standard InChI is InChI=1S/C18H35BN4O4Si/c1-8-20(9-2)19(21(10-3)11-4)14-16-12-18(22(24)25,23(26)27)13-17(16)15-28(5,6)7/h14-15H,8-13H2,1-7H3. The Hall–Kier alpha value is -1.52. The molecule has 0 aromatic heterocycles. The number of rotatable bonds is 10. The van der Waals surface area contributed by atoms with Crippen molar-refractivity contribution in [2.45, 2.75) is 65.8 Å². The van der Waals surface area contributed by atoms with Crippen molar-refractivity contribution in [3.8, 4) is 0 Å². The molecule has 0 unspecified atom stereocenters. The largest absolute Gasteiger partial charge is 0.466 e. The molecule has 10 heteroatoms. The maximum Gasteiger partial charge on any atom is 0.466 e. The highest BCUT2D eigenvalue weighted by atomic mass is 28.3. The SMILES string of the molecule is CCN(CC)B(C=C1CC([N+](=O)[O-])([N+](=O)[O-])CC1=C[Si](C)(C)C)N(CC)CC. The minimum absolute atomic E-state index is 0.0284. The first-order chi connectivity index (χ1) is 13.0. The Kier molecular flexibility index (Phi) is 8.58. The number of nitrogens with zero attached hydrogens (tertiary/aromatic N) is 4. The van der Waals surface area contributed by atoms with Crippen LogP contribution >= 0.6 is 0 Å². The minimum Gasteiger partial charge on any atom is -0.325 e. The molecule has 0 aliphatic heterocycles. The number of nitro groups is 2. The van der Waals surface area contributed by atoms with Gasteiger partial charge in [-0.05, 0) is 37.3 Å². The molecule has 158 valence electrons. The van der Waals surface area contributed by atoms with Crippen molar-refractivity contribution in [2.75, 3.05) is 26.2 Å². The lowest BCUT2D eigenvalue weighted by Crippen LogP contribution is -2.52.